The van der Waals surface area contributed by atoms with Crippen LogP contribution in [0.3, 0.4) is 0 Å². The summed E-state index contributed by atoms with van der Waals surface area (Å²) in [6, 6.07) is 11.2. The van der Waals surface area contributed by atoms with E-state index in [-0.39, 0.29) is 42.1 Å². The van der Waals surface area contributed by atoms with Gasteiger partial charge in [-0.2, -0.15) is 5.26 Å². The topological polar surface area (TPSA) is 192 Å². The van der Waals surface area contributed by atoms with Gasteiger partial charge < -0.3 is 40.3 Å². The molecule has 15 nitrogen and oxygen atoms in total. The lowest BCUT2D eigenvalue weighted by molar-refractivity contribution is -0.396. The molecule has 1 aliphatic carbocycles. The number of aromatic nitrogens is 3. The van der Waals surface area contributed by atoms with Crippen LogP contribution in [-0.2, 0) is 27.9 Å². The van der Waals surface area contributed by atoms with E-state index in [2.05, 4.69) is 83.2 Å². The number of likely N-dealkylation sites (tertiary alicyclic amines) is 1. The van der Waals surface area contributed by atoms with Gasteiger partial charge in [-0.15, -0.1) is 0 Å². The van der Waals surface area contributed by atoms with Gasteiger partial charge in [0.25, 0.3) is 0 Å². The van der Waals surface area contributed by atoms with Gasteiger partial charge in [0.1, 0.15) is 24.0 Å². The summed E-state index contributed by atoms with van der Waals surface area (Å²) in [6.45, 7) is 20.9. The first-order chi connectivity index (χ1) is 30.3. The number of nitro groups is 1. The molecule has 2 amide bonds. The van der Waals surface area contributed by atoms with E-state index < -0.39 is 28.1 Å². The predicted molar refractivity (Wildman–Crippen MR) is 247 cm³/mol. The minimum Gasteiger partial charge on any atom is -0.444 e. The fourth-order valence-electron chi connectivity index (χ4n) is 10.2. The van der Waals surface area contributed by atoms with Crippen LogP contribution in [0.5, 0.6) is 0 Å². The molecule has 2 atom stereocenters. The molecule has 2 fully saturated rings. The highest BCUT2D eigenvalue weighted by Gasteiger charge is 2.42. The van der Waals surface area contributed by atoms with E-state index in [4.69, 9.17) is 4.74 Å². The molecule has 3 N–H and O–H groups in total. The van der Waals surface area contributed by atoms with Crippen molar-refractivity contribution in [1.82, 2.24) is 30.1 Å². The number of H-pyrrole nitrogens is 1. The largest absolute Gasteiger partial charge is 0.444 e. The maximum Gasteiger partial charge on any atom is 0.434 e. The molecule has 0 bridgehead atoms. The molecule has 4 aromatic rings. The number of rotatable bonds is 15. The SMILES string of the molecule is CCc1cc2c(cc1N1CCC(CCCCN3C[C@H](NC(=O)[C@H](CCCn4ccnc4[N+](=O)[O-])NC(=O)OC(C)(C)C)C(C)(C)C3)CC1)C(C)(C)c1[nH]c3cc(C#N)ccc3c1C2=O. The summed E-state index contributed by atoms with van der Waals surface area (Å²) in [5, 5.41) is 27.7. The van der Waals surface area contributed by atoms with E-state index in [1.165, 1.54) is 34.6 Å². The number of fused-ring (bicyclic) bond motifs is 4. The number of aryl methyl sites for hydroxylation is 2. The number of anilines is 1. The summed E-state index contributed by atoms with van der Waals surface area (Å²) in [5.41, 5.74) is 5.94. The molecule has 64 heavy (non-hydrogen) atoms. The van der Waals surface area contributed by atoms with E-state index in [0.717, 1.165) is 91.6 Å². The van der Waals surface area contributed by atoms with Crippen LogP contribution in [0.25, 0.3) is 10.9 Å². The Kier molecular flexibility index (Phi) is 13.3. The van der Waals surface area contributed by atoms with Gasteiger partial charge in [-0.1, -0.05) is 58.5 Å². The third-order valence-electron chi connectivity index (χ3n) is 13.7. The molecule has 0 radical (unpaired) electrons. The van der Waals surface area contributed by atoms with Crippen molar-refractivity contribution >= 4 is 40.3 Å². The highest BCUT2D eigenvalue weighted by molar-refractivity contribution is 6.20. The van der Waals surface area contributed by atoms with Crippen molar-refractivity contribution in [3.63, 3.8) is 0 Å². The number of aromatic amines is 1. The van der Waals surface area contributed by atoms with E-state index in [9.17, 15) is 29.8 Å². The molecule has 2 aromatic heterocycles. The molecule has 2 aliphatic heterocycles. The molecule has 15 heteroatoms. The van der Waals surface area contributed by atoms with Crippen molar-refractivity contribution in [2.45, 2.75) is 136 Å². The maximum absolute atomic E-state index is 14.1. The summed E-state index contributed by atoms with van der Waals surface area (Å²) in [5.74, 6) is 0.140. The standard InChI is InChI=1S/C49H65N9O6/c1-9-33-26-35-36(49(7,8)43-41(42(35)59)34-16-15-32(28-50)25-38(34)52-43)27-39(33)56-22-17-31(18-23-56)13-10-11-20-55-29-40(48(5,6)30-55)54-44(60)37(53-46(61)64-47(2,3)4)14-12-21-57-24-19-51-45(57)58(62)63/h15-16,19,24-27,31,37,40,52H,9-14,17-18,20-23,29-30H2,1-8H3,(H,53,61)(H,54,60)/t37-,40-/m0/s1. The number of nitrogens with zero attached hydrogens (tertiary/aromatic N) is 6. The van der Waals surface area contributed by atoms with Gasteiger partial charge in [-0.05, 0) is 117 Å². The second-order valence-corrected chi connectivity index (χ2v) is 20.3. The van der Waals surface area contributed by atoms with Gasteiger partial charge in [0.05, 0.1) is 23.7 Å². The number of piperidine rings is 1. The zero-order valence-corrected chi connectivity index (χ0v) is 38.8. The molecule has 2 aromatic carbocycles. The molecule has 0 saturated carbocycles. The predicted octanol–water partition coefficient (Wildman–Crippen LogP) is 8.16. The summed E-state index contributed by atoms with van der Waals surface area (Å²) >= 11 is 0. The number of hydrogen-bond acceptors (Lipinski definition) is 10. The van der Waals surface area contributed by atoms with Gasteiger partial charge in [-0.3, -0.25) is 9.59 Å². The second kappa shape index (κ2) is 18.4. The first kappa shape index (κ1) is 46.2. The minimum atomic E-state index is -0.875. The molecule has 0 spiro atoms. The zero-order chi connectivity index (χ0) is 46.1. The number of unbranched alkanes of at least 4 members (excludes halogenated alkanes) is 1. The van der Waals surface area contributed by atoms with Crippen LogP contribution in [0.4, 0.5) is 16.4 Å². The van der Waals surface area contributed by atoms with Crippen molar-refractivity contribution in [3.05, 3.63) is 86.4 Å². The van der Waals surface area contributed by atoms with Crippen LogP contribution in [0, 0.1) is 32.8 Å². The van der Waals surface area contributed by atoms with Crippen molar-refractivity contribution in [2.75, 3.05) is 37.6 Å². The Morgan fingerprint density at radius 1 is 1.09 bits per heavy atom. The van der Waals surface area contributed by atoms with Crippen molar-refractivity contribution < 1.29 is 24.0 Å². The lowest BCUT2D eigenvalue weighted by atomic mass is 9.70. The molecule has 4 heterocycles. The van der Waals surface area contributed by atoms with E-state index >= 15 is 0 Å². The normalized spacial score (nSPS) is 18.9. The smallest absolute Gasteiger partial charge is 0.434 e. The Balaban J connectivity index is 0.904. The number of imidazole rings is 1. The molecule has 2 saturated heterocycles. The summed E-state index contributed by atoms with van der Waals surface area (Å²) < 4.78 is 6.90. The highest BCUT2D eigenvalue weighted by Crippen LogP contribution is 2.46. The molecule has 3 aliphatic rings. The molecular formula is C49H65N9O6. The van der Waals surface area contributed by atoms with Crippen molar-refractivity contribution in [1.29, 1.82) is 5.26 Å². The highest BCUT2D eigenvalue weighted by atomic mass is 16.6. The van der Waals surface area contributed by atoms with Gasteiger partial charge in [0, 0.05) is 65.5 Å². The number of alkyl carbamates (subject to hydrolysis) is 1. The van der Waals surface area contributed by atoms with Gasteiger partial charge in [0.2, 0.25) is 5.91 Å². The van der Waals surface area contributed by atoms with Crippen LogP contribution in [0.15, 0.2) is 42.7 Å². The van der Waals surface area contributed by atoms with Crippen LogP contribution < -0.4 is 15.5 Å². The Bertz CT molecular complexity index is 2450. The third-order valence-corrected chi connectivity index (χ3v) is 13.7. The van der Waals surface area contributed by atoms with Gasteiger partial charge in [0.15, 0.2) is 5.78 Å². The summed E-state index contributed by atoms with van der Waals surface area (Å²) in [7, 11) is 0. The van der Waals surface area contributed by atoms with Crippen LogP contribution in [0.2, 0.25) is 0 Å². The number of hydrogen-bond donors (Lipinski definition) is 3. The van der Waals surface area contributed by atoms with Crippen LogP contribution in [0.1, 0.15) is 139 Å². The van der Waals surface area contributed by atoms with Gasteiger partial charge >= 0.3 is 12.0 Å². The van der Waals surface area contributed by atoms with Crippen LogP contribution >= 0.6 is 0 Å². The zero-order valence-electron chi connectivity index (χ0n) is 38.8. The minimum absolute atomic E-state index is 0.0468. The number of amides is 2. The van der Waals surface area contributed by atoms with Crippen molar-refractivity contribution in [2.24, 2.45) is 11.3 Å². The molecule has 342 valence electrons. The number of nitrogens with one attached hydrogen (secondary N) is 3. The Morgan fingerprint density at radius 3 is 2.53 bits per heavy atom. The number of nitriles is 1. The molecule has 7 rings (SSSR count). The van der Waals surface area contributed by atoms with Crippen molar-refractivity contribution in [3.8, 4) is 6.07 Å². The Hall–Kier alpha value is -5.75. The average molecular weight is 876 g/mol. The average Bonchev–Trinajstić information content (AvgIpc) is 3.95. The monoisotopic (exact) mass is 876 g/mol. The fourth-order valence-corrected chi connectivity index (χ4v) is 10.2. The third kappa shape index (κ3) is 9.82. The number of carbonyl (C=O) groups is 3. The van der Waals surface area contributed by atoms with E-state index in [0.29, 0.717) is 24.4 Å². The lowest BCUT2D eigenvalue weighted by Crippen LogP contribution is -2.53. The maximum atomic E-state index is 14.1. The lowest BCUT2D eigenvalue weighted by Gasteiger charge is -2.38. The fraction of sp³-hybridized carbons (Fsp3) is 0.571. The number of benzene rings is 2. The molecule has 0 unspecified atom stereocenters. The summed E-state index contributed by atoms with van der Waals surface area (Å²) in [6.07, 6.45) is 9.35. The van der Waals surface area contributed by atoms with Gasteiger partial charge in [-0.25, -0.2) is 9.36 Å². The van der Waals surface area contributed by atoms with E-state index in [1.54, 1.807) is 26.8 Å². The van der Waals surface area contributed by atoms with E-state index in [1.807, 2.05) is 12.1 Å². The quantitative estimate of drug-likeness (QED) is 0.0597. The van der Waals surface area contributed by atoms with Crippen LogP contribution in [-0.4, -0.2) is 92.6 Å². The number of ether oxygens (including phenoxy) is 1. The summed E-state index contributed by atoms with van der Waals surface area (Å²) in [4.78, 5) is 63.8. The first-order valence-electron chi connectivity index (χ1n) is 23.0. The second-order valence-electron chi connectivity index (χ2n) is 20.3. The Labute approximate surface area is 376 Å². The number of ketones is 1. The Morgan fingerprint density at radius 2 is 1.84 bits per heavy atom. The number of carbonyl (C=O) groups excluding carboxylic acids is 3. The molecular weight excluding hydrogens is 811 g/mol. The first-order valence-corrected chi connectivity index (χ1v) is 23.0.